The molecule has 2 rings (SSSR count). The molecule has 0 saturated carbocycles. The largest absolute Gasteiger partial charge is 0.507 e. The third-order valence-electron chi connectivity index (χ3n) is 5.14. The third kappa shape index (κ3) is 7.25. The number of phenols is 1. The number of allylic oxidation sites excluding steroid dienone is 2. The number of aryl methyl sites for hydroxylation is 1. The van der Waals surface area contributed by atoms with Crippen LogP contribution in [0.4, 0.5) is 0 Å². The number of ether oxygens (including phenoxy) is 1. The highest BCUT2D eigenvalue weighted by Crippen LogP contribution is 2.46. The van der Waals surface area contributed by atoms with Crippen molar-refractivity contribution < 1.29 is 23.4 Å². The molecule has 1 aromatic rings. The van der Waals surface area contributed by atoms with Gasteiger partial charge in [-0.15, -0.1) is 0 Å². The first-order chi connectivity index (χ1) is 13.8. The number of phenolic OH excluding ortho intramolecular Hbond substituents is 1. The zero-order valence-electron chi connectivity index (χ0n) is 18.8. The van der Waals surface area contributed by atoms with E-state index < -0.39 is 14.4 Å². The Kier molecular flexibility index (Phi) is 9.42. The minimum Gasteiger partial charge on any atom is -0.507 e. The summed E-state index contributed by atoms with van der Waals surface area (Å²) in [5.74, 6) is 0.167. The zero-order valence-corrected chi connectivity index (χ0v) is 19.7. The molecule has 0 fully saturated rings. The van der Waals surface area contributed by atoms with Gasteiger partial charge in [0, 0.05) is 39.5 Å². The highest BCUT2D eigenvalue weighted by Gasteiger charge is 2.30. The van der Waals surface area contributed by atoms with Gasteiger partial charge in [-0.05, 0) is 56.7 Å². The molecule has 1 aliphatic carbocycles. The van der Waals surface area contributed by atoms with Crippen LogP contribution >= 0.6 is 8.60 Å². The van der Waals surface area contributed by atoms with Gasteiger partial charge in [0.05, 0.1) is 0 Å². The molecule has 0 aromatic heterocycles. The molecular weight excluding hydrogens is 387 g/mol. The summed E-state index contributed by atoms with van der Waals surface area (Å²) in [4.78, 5) is 0. The molecular formula is C23H37O5P. The van der Waals surface area contributed by atoms with Crippen LogP contribution in [0.3, 0.4) is 0 Å². The Bertz CT molecular complexity index is 682. The number of hydrogen-bond donors (Lipinski definition) is 1. The molecule has 6 heteroatoms. The predicted octanol–water partition coefficient (Wildman–Crippen LogP) is 6.99. The zero-order chi connectivity index (χ0) is 21.4. The Morgan fingerprint density at radius 1 is 1.17 bits per heavy atom. The van der Waals surface area contributed by atoms with E-state index in [-0.39, 0.29) is 5.92 Å². The van der Waals surface area contributed by atoms with Crippen molar-refractivity contribution in [2.45, 2.75) is 84.3 Å². The highest BCUT2D eigenvalue weighted by molar-refractivity contribution is 7.41. The van der Waals surface area contributed by atoms with Crippen LogP contribution in [0.15, 0.2) is 23.8 Å². The summed E-state index contributed by atoms with van der Waals surface area (Å²) < 4.78 is 22.7. The first-order valence-electron chi connectivity index (χ1n) is 10.6. The standard InChI is InChI=1S/C23H37O5P/c1-7-8-9-12-18-15-20(24)22(19-13-10-11-17(2)14-19)21(16-18)27-23(3,4)28-29(25-5)26-6/h14-16,19,24H,7-13H2,1-6H3. The molecule has 0 bridgehead atoms. The molecule has 0 radical (unpaired) electrons. The summed E-state index contributed by atoms with van der Waals surface area (Å²) in [6, 6.07) is 3.97. The van der Waals surface area contributed by atoms with Crippen LogP contribution in [0.5, 0.6) is 11.5 Å². The lowest BCUT2D eigenvalue weighted by Gasteiger charge is -2.31. The normalized spacial score (nSPS) is 17.5. The lowest BCUT2D eigenvalue weighted by atomic mass is 9.84. The van der Waals surface area contributed by atoms with Crippen LogP contribution < -0.4 is 4.74 Å². The van der Waals surface area contributed by atoms with E-state index >= 15 is 0 Å². The van der Waals surface area contributed by atoms with Crippen LogP contribution in [0, 0.1) is 0 Å². The second-order valence-corrected chi connectivity index (χ2v) is 9.54. The maximum atomic E-state index is 10.9. The first-order valence-corrected chi connectivity index (χ1v) is 11.7. The second-order valence-electron chi connectivity index (χ2n) is 8.18. The summed E-state index contributed by atoms with van der Waals surface area (Å²) >= 11 is 0. The van der Waals surface area contributed by atoms with E-state index in [0.717, 1.165) is 49.7 Å². The SMILES string of the molecule is CCCCCc1cc(O)c(C2C=C(C)CCC2)c(OC(C)(C)OP(OC)OC)c1. The van der Waals surface area contributed by atoms with Gasteiger partial charge in [-0.1, -0.05) is 31.4 Å². The molecule has 0 heterocycles. The fraction of sp³-hybridized carbons (Fsp3) is 0.652. The van der Waals surface area contributed by atoms with Crippen molar-refractivity contribution >= 4 is 8.60 Å². The van der Waals surface area contributed by atoms with E-state index in [1.165, 1.54) is 12.0 Å². The van der Waals surface area contributed by atoms with E-state index in [2.05, 4.69) is 26.0 Å². The van der Waals surface area contributed by atoms with Crippen LogP contribution in [0.2, 0.25) is 0 Å². The minimum absolute atomic E-state index is 0.144. The van der Waals surface area contributed by atoms with Crippen molar-refractivity contribution in [3.8, 4) is 11.5 Å². The van der Waals surface area contributed by atoms with Crippen molar-refractivity contribution in [1.29, 1.82) is 0 Å². The molecule has 29 heavy (non-hydrogen) atoms. The van der Waals surface area contributed by atoms with Gasteiger partial charge in [0.15, 0.2) is 0 Å². The molecule has 0 spiro atoms. The smallest absolute Gasteiger partial charge is 0.335 e. The van der Waals surface area contributed by atoms with Gasteiger partial charge in [-0.25, -0.2) is 0 Å². The number of hydrogen-bond acceptors (Lipinski definition) is 5. The van der Waals surface area contributed by atoms with Gasteiger partial charge in [-0.3, -0.25) is 4.52 Å². The number of aromatic hydroxyl groups is 1. The van der Waals surface area contributed by atoms with E-state index in [4.69, 9.17) is 18.3 Å². The Hall–Kier alpha value is -1.13. The second kappa shape index (κ2) is 11.3. The molecule has 1 aliphatic rings. The average molecular weight is 425 g/mol. The van der Waals surface area contributed by atoms with E-state index in [1.54, 1.807) is 14.2 Å². The van der Waals surface area contributed by atoms with E-state index in [1.807, 2.05) is 19.9 Å². The minimum atomic E-state index is -1.50. The molecule has 1 atom stereocenters. The summed E-state index contributed by atoms with van der Waals surface area (Å²) in [6.45, 7) is 8.02. The van der Waals surface area contributed by atoms with E-state index in [0.29, 0.717) is 11.5 Å². The average Bonchev–Trinajstić information content (AvgIpc) is 2.65. The summed E-state index contributed by atoms with van der Waals surface area (Å²) in [7, 11) is 1.60. The summed E-state index contributed by atoms with van der Waals surface area (Å²) in [5.41, 5.74) is 3.29. The topological polar surface area (TPSA) is 57.2 Å². The monoisotopic (exact) mass is 424 g/mol. The number of benzene rings is 1. The van der Waals surface area contributed by atoms with Crippen molar-refractivity contribution in [2.24, 2.45) is 0 Å². The summed E-state index contributed by atoms with van der Waals surface area (Å²) in [5, 5.41) is 10.9. The maximum Gasteiger partial charge on any atom is 0.335 e. The molecule has 1 N–H and O–H groups in total. The van der Waals surface area contributed by atoms with Crippen LogP contribution in [-0.4, -0.2) is 25.1 Å². The van der Waals surface area contributed by atoms with Crippen LogP contribution in [0.1, 0.15) is 83.3 Å². The van der Waals surface area contributed by atoms with Crippen molar-refractivity contribution in [1.82, 2.24) is 0 Å². The van der Waals surface area contributed by atoms with Crippen molar-refractivity contribution in [3.05, 3.63) is 34.9 Å². The third-order valence-corrected chi connectivity index (χ3v) is 6.33. The fourth-order valence-electron chi connectivity index (χ4n) is 3.80. The maximum absolute atomic E-state index is 10.9. The quantitative estimate of drug-likeness (QED) is 0.180. The van der Waals surface area contributed by atoms with Gasteiger partial charge < -0.3 is 18.9 Å². The molecule has 5 nitrogen and oxygen atoms in total. The predicted molar refractivity (Wildman–Crippen MR) is 118 cm³/mol. The Balaban J connectivity index is 2.37. The molecule has 0 aliphatic heterocycles. The lowest BCUT2D eigenvalue weighted by Crippen LogP contribution is -2.31. The fourth-order valence-corrected chi connectivity index (χ4v) is 4.49. The van der Waals surface area contributed by atoms with Crippen molar-refractivity contribution in [3.63, 3.8) is 0 Å². The lowest BCUT2D eigenvalue weighted by molar-refractivity contribution is -0.0908. The Labute approximate surface area is 177 Å². The summed E-state index contributed by atoms with van der Waals surface area (Å²) in [6.07, 6.45) is 9.83. The molecule has 0 amide bonds. The van der Waals surface area contributed by atoms with Gasteiger partial charge in [-0.2, -0.15) is 0 Å². The Morgan fingerprint density at radius 2 is 1.90 bits per heavy atom. The van der Waals surface area contributed by atoms with Crippen molar-refractivity contribution in [2.75, 3.05) is 14.2 Å². The van der Waals surface area contributed by atoms with E-state index in [9.17, 15) is 5.11 Å². The van der Waals surface area contributed by atoms with Gasteiger partial charge in [0.1, 0.15) is 11.5 Å². The number of rotatable bonds is 11. The van der Waals surface area contributed by atoms with Crippen LogP contribution in [0.25, 0.3) is 0 Å². The molecule has 1 unspecified atom stereocenters. The molecule has 164 valence electrons. The van der Waals surface area contributed by atoms with Gasteiger partial charge in [0.25, 0.3) is 0 Å². The number of unbranched alkanes of at least 4 members (excludes halogenated alkanes) is 2. The first kappa shape index (κ1) is 24.1. The van der Waals surface area contributed by atoms with Crippen LogP contribution in [-0.2, 0) is 20.0 Å². The Morgan fingerprint density at radius 3 is 2.52 bits per heavy atom. The molecule has 0 saturated heterocycles. The highest BCUT2D eigenvalue weighted by atomic mass is 31.2. The molecule has 1 aromatic carbocycles. The van der Waals surface area contributed by atoms with Gasteiger partial charge in [0.2, 0.25) is 5.79 Å². The van der Waals surface area contributed by atoms with Gasteiger partial charge >= 0.3 is 8.60 Å².